The summed E-state index contributed by atoms with van der Waals surface area (Å²) < 4.78 is 27.8. The van der Waals surface area contributed by atoms with Crippen molar-refractivity contribution < 1.29 is 13.2 Å². The van der Waals surface area contributed by atoms with Crippen LogP contribution >= 0.6 is 23.2 Å². The molecular weight excluding hydrogens is 419 g/mol. The molecule has 3 aromatic rings. The van der Waals surface area contributed by atoms with E-state index in [-0.39, 0.29) is 15.5 Å². The number of halogens is 2. The molecule has 0 aliphatic heterocycles. The van der Waals surface area contributed by atoms with Gasteiger partial charge >= 0.3 is 0 Å². The molecule has 5 nitrogen and oxygen atoms in total. The third kappa shape index (κ3) is 4.84. The zero-order valence-electron chi connectivity index (χ0n) is 14.7. The van der Waals surface area contributed by atoms with Crippen molar-refractivity contribution in [1.29, 1.82) is 0 Å². The Labute approximate surface area is 173 Å². The fraction of sp³-hybridized carbons (Fsp3) is 0.0500. The van der Waals surface area contributed by atoms with Crippen molar-refractivity contribution >= 4 is 50.5 Å². The minimum atomic E-state index is -3.88. The molecule has 0 saturated carbocycles. The van der Waals surface area contributed by atoms with E-state index in [1.807, 2.05) is 6.92 Å². The molecule has 1 amide bonds. The fourth-order valence-electron chi connectivity index (χ4n) is 2.41. The van der Waals surface area contributed by atoms with Crippen LogP contribution in [0.25, 0.3) is 0 Å². The third-order valence-corrected chi connectivity index (χ3v) is 5.86. The molecule has 0 radical (unpaired) electrons. The lowest BCUT2D eigenvalue weighted by molar-refractivity contribution is 0.102. The van der Waals surface area contributed by atoms with Gasteiger partial charge in [-0.3, -0.25) is 9.52 Å². The second-order valence-corrected chi connectivity index (χ2v) is 8.60. The van der Waals surface area contributed by atoms with Gasteiger partial charge < -0.3 is 5.32 Å². The van der Waals surface area contributed by atoms with Crippen LogP contribution in [0.3, 0.4) is 0 Å². The highest BCUT2D eigenvalue weighted by molar-refractivity contribution is 7.92. The highest BCUT2D eigenvalue weighted by atomic mass is 35.5. The molecule has 0 heterocycles. The average Bonchev–Trinajstić information content (AvgIpc) is 2.65. The van der Waals surface area contributed by atoms with Gasteiger partial charge in [0.2, 0.25) is 0 Å². The predicted molar refractivity (Wildman–Crippen MR) is 113 cm³/mol. The van der Waals surface area contributed by atoms with Crippen LogP contribution in [0.1, 0.15) is 15.9 Å². The predicted octanol–water partition coefficient (Wildman–Crippen LogP) is 5.35. The van der Waals surface area contributed by atoms with Gasteiger partial charge in [-0.15, -0.1) is 0 Å². The van der Waals surface area contributed by atoms with Crippen LogP contribution in [0.15, 0.2) is 71.6 Å². The molecule has 0 saturated heterocycles. The van der Waals surface area contributed by atoms with Gasteiger partial charge in [0.15, 0.2) is 0 Å². The first kappa shape index (κ1) is 20.2. The molecule has 0 aliphatic rings. The van der Waals surface area contributed by atoms with E-state index in [4.69, 9.17) is 23.2 Å². The Balaban J connectivity index is 1.86. The highest BCUT2D eigenvalue weighted by Gasteiger charge is 2.19. The third-order valence-electron chi connectivity index (χ3n) is 3.90. The van der Waals surface area contributed by atoms with Crippen molar-refractivity contribution in [1.82, 2.24) is 0 Å². The van der Waals surface area contributed by atoms with Crippen LogP contribution < -0.4 is 10.0 Å². The Kier molecular flexibility index (Phi) is 5.93. The Morgan fingerprint density at radius 1 is 0.857 bits per heavy atom. The SMILES string of the molecule is Cc1ccc(NS(=O)(=O)c2ccc(Cl)c(C(=O)Nc3ccc(Cl)cc3)c2)cc1. The minimum absolute atomic E-state index is 0.0448. The zero-order valence-corrected chi connectivity index (χ0v) is 17.1. The Hall–Kier alpha value is -2.54. The second kappa shape index (κ2) is 8.22. The lowest BCUT2D eigenvalue weighted by Gasteiger charge is -2.11. The van der Waals surface area contributed by atoms with Crippen molar-refractivity contribution in [2.75, 3.05) is 10.0 Å². The number of aryl methyl sites for hydroxylation is 1. The number of sulfonamides is 1. The molecule has 28 heavy (non-hydrogen) atoms. The topological polar surface area (TPSA) is 75.3 Å². The van der Waals surface area contributed by atoms with Crippen LogP contribution in [0.5, 0.6) is 0 Å². The van der Waals surface area contributed by atoms with Crippen molar-refractivity contribution in [3.63, 3.8) is 0 Å². The second-order valence-electron chi connectivity index (χ2n) is 6.07. The number of anilines is 2. The molecule has 0 unspecified atom stereocenters. The summed E-state index contributed by atoms with van der Waals surface area (Å²) >= 11 is 11.9. The maximum absolute atomic E-state index is 12.7. The van der Waals surface area contributed by atoms with Gasteiger partial charge in [-0.05, 0) is 61.5 Å². The van der Waals surface area contributed by atoms with Crippen molar-refractivity contribution in [3.05, 3.63) is 87.9 Å². The maximum atomic E-state index is 12.7. The molecule has 3 rings (SSSR count). The number of hydrogen-bond acceptors (Lipinski definition) is 3. The average molecular weight is 435 g/mol. The summed E-state index contributed by atoms with van der Waals surface area (Å²) in [5.74, 6) is -0.528. The van der Waals surface area contributed by atoms with E-state index in [1.165, 1.54) is 18.2 Å². The van der Waals surface area contributed by atoms with Crippen LogP contribution in [0.2, 0.25) is 10.0 Å². The Bertz CT molecular complexity index is 1110. The quantitative estimate of drug-likeness (QED) is 0.567. The summed E-state index contributed by atoms with van der Waals surface area (Å²) in [7, 11) is -3.88. The summed E-state index contributed by atoms with van der Waals surface area (Å²) in [5.41, 5.74) is 1.99. The number of rotatable bonds is 5. The first-order chi connectivity index (χ1) is 13.2. The number of carbonyl (C=O) groups is 1. The van der Waals surface area contributed by atoms with Crippen molar-refractivity contribution in [3.8, 4) is 0 Å². The zero-order chi connectivity index (χ0) is 20.3. The highest BCUT2D eigenvalue weighted by Crippen LogP contribution is 2.24. The van der Waals surface area contributed by atoms with Crippen LogP contribution in [-0.2, 0) is 10.0 Å². The molecular formula is C20H16Cl2N2O3S. The van der Waals surface area contributed by atoms with Crippen LogP contribution in [0.4, 0.5) is 11.4 Å². The Morgan fingerprint density at radius 3 is 2.11 bits per heavy atom. The lowest BCUT2D eigenvalue weighted by atomic mass is 10.2. The molecule has 8 heteroatoms. The van der Waals surface area contributed by atoms with Gasteiger partial charge in [-0.1, -0.05) is 40.9 Å². The monoisotopic (exact) mass is 434 g/mol. The smallest absolute Gasteiger partial charge is 0.261 e. The van der Waals surface area contributed by atoms with Gasteiger partial charge in [-0.2, -0.15) is 0 Å². The maximum Gasteiger partial charge on any atom is 0.261 e. The summed E-state index contributed by atoms with van der Waals surface area (Å²) in [4.78, 5) is 12.5. The summed E-state index contributed by atoms with van der Waals surface area (Å²) in [6.07, 6.45) is 0. The first-order valence-corrected chi connectivity index (χ1v) is 10.4. The number of nitrogens with one attached hydrogen (secondary N) is 2. The molecule has 144 valence electrons. The fourth-order valence-corrected chi connectivity index (χ4v) is 3.83. The van der Waals surface area contributed by atoms with Gasteiger partial charge in [-0.25, -0.2) is 8.42 Å². The van der Waals surface area contributed by atoms with E-state index < -0.39 is 15.9 Å². The number of amides is 1. The molecule has 2 N–H and O–H groups in total. The molecule has 0 atom stereocenters. The van der Waals surface area contributed by atoms with E-state index in [0.717, 1.165) is 5.56 Å². The van der Waals surface area contributed by atoms with Crippen LogP contribution in [0, 0.1) is 6.92 Å². The van der Waals surface area contributed by atoms with E-state index in [2.05, 4.69) is 10.0 Å². The van der Waals surface area contributed by atoms with E-state index in [0.29, 0.717) is 16.4 Å². The van der Waals surface area contributed by atoms with E-state index >= 15 is 0 Å². The van der Waals surface area contributed by atoms with Crippen LogP contribution in [-0.4, -0.2) is 14.3 Å². The molecule has 0 spiro atoms. The van der Waals surface area contributed by atoms with Gasteiger partial charge in [0.1, 0.15) is 0 Å². The van der Waals surface area contributed by atoms with Gasteiger partial charge in [0.25, 0.3) is 15.9 Å². The first-order valence-electron chi connectivity index (χ1n) is 8.20. The minimum Gasteiger partial charge on any atom is -0.322 e. The summed E-state index contributed by atoms with van der Waals surface area (Å²) in [6.45, 7) is 1.91. The summed E-state index contributed by atoms with van der Waals surface area (Å²) in [6, 6.07) is 17.4. The Morgan fingerprint density at radius 2 is 1.46 bits per heavy atom. The molecule has 0 bridgehead atoms. The number of hydrogen-bond donors (Lipinski definition) is 2. The number of benzene rings is 3. The molecule has 0 aromatic heterocycles. The van der Waals surface area contributed by atoms with E-state index in [1.54, 1.807) is 48.5 Å². The van der Waals surface area contributed by atoms with Gasteiger partial charge in [0.05, 0.1) is 15.5 Å². The lowest BCUT2D eigenvalue weighted by Crippen LogP contribution is -2.16. The molecule has 0 fully saturated rings. The van der Waals surface area contributed by atoms with Crippen molar-refractivity contribution in [2.45, 2.75) is 11.8 Å². The standard InChI is InChI=1S/C20H16Cl2N2O3S/c1-13-2-6-16(7-3-13)24-28(26,27)17-10-11-19(22)18(12-17)20(25)23-15-8-4-14(21)5-9-15/h2-12,24H,1H3,(H,23,25). The van der Waals surface area contributed by atoms with E-state index in [9.17, 15) is 13.2 Å². The summed E-state index contributed by atoms with van der Waals surface area (Å²) in [5, 5.41) is 3.34. The molecule has 0 aliphatic carbocycles. The molecule has 3 aromatic carbocycles. The van der Waals surface area contributed by atoms with Crippen molar-refractivity contribution in [2.24, 2.45) is 0 Å². The van der Waals surface area contributed by atoms with Gasteiger partial charge in [0, 0.05) is 16.4 Å². The number of carbonyl (C=O) groups excluding carboxylic acids is 1. The normalized spacial score (nSPS) is 11.1. The largest absolute Gasteiger partial charge is 0.322 e.